The quantitative estimate of drug-likeness (QED) is 0.326. The molecule has 0 unspecified atom stereocenters. The molecule has 30 heavy (non-hydrogen) atoms. The van der Waals surface area contributed by atoms with Gasteiger partial charge in [0, 0.05) is 27.8 Å². The Hall–Kier alpha value is -2.08. The summed E-state index contributed by atoms with van der Waals surface area (Å²) in [6, 6.07) is 17.1. The zero-order chi connectivity index (χ0) is 21.5. The molecule has 7 heteroatoms. The smallest absolute Gasteiger partial charge is 0.175 e. The number of ether oxygens (including phenoxy) is 3. The van der Waals surface area contributed by atoms with Crippen molar-refractivity contribution < 1.29 is 14.2 Å². The molecule has 0 aliphatic heterocycles. The molecule has 0 heterocycles. The van der Waals surface area contributed by atoms with Gasteiger partial charge in [-0.3, -0.25) is 0 Å². The Kier molecular flexibility index (Phi) is 8.14. The van der Waals surface area contributed by atoms with Gasteiger partial charge in [0.05, 0.1) is 18.2 Å². The van der Waals surface area contributed by atoms with Crippen LogP contribution in [-0.2, 0) is 13.2 Å². The van der Waals surface area contributed by atoms with Gasteiger partial charge in [0.25, 0.3) is 0 Å². The van der Waals surface area contributed by atoms with Crippen LogP contribution in [0.1, 0.15) is 18.1 Å². The van der Waals surface area contributed by atoms with Crippen molar-refractivity contribution in [1.82, 2.24) is 0 Å². The summed E-state index contributed by atoms with van der Waals surface area (Å²) in [6.07, 6.45) is 0. The summed E-state index contributed by atoms with van der Waals surface area (Å²) < 4.78 is 17.8. The van der Waals surface area contributed by atoms with E-state index in [1.165, 1.54) is 0 Å². The largest absolute Gasteiger partial charge is 0.497 e. The lowest BCUT2D eigenvalue weighted by molar-refractivity contribution is 0.267. The highest BCUT2D eigenvalue weighted by atomic mass is 79.9. The van der Waals surface area contributed by atoms with E-state index in [0.29, 0.717) is 34.7 Å². The van der Waals surface area contributed by atoms with Crippen molar-refractivity contribution in [3.63, 3.8) is 0 Å². The molecule has 0 fully saturated rings. The number of halogens is 3. The van der Waals surface area contributed by atoms with Crippen LogP contribution in [0.3, 0.4) is 0 Å². The first-order chi connectivity index (χ1) is 14.5. The van der Waals surface area contributed by atoms with Gasteiger partial charge < -0.3 is 19.5 Å². The van der Waals surface area contributed by atoms with E-state index < -0.39 is 0 Å². The molecular formula is C23H22BrCl2NO3. The molecule has 3 rings (SSSR count). The molecule has 0 amide bonds. The molecule has 4 nitrogen and oxygen atoms in total. The molecule has 1 N–H and O–H groups in total. The maximum atomic E-state index is 6.26. The van der Waals surface area contributed by atoms with E-state index >= 15 is 0 Å². The molecular weight excluding hydrogens is 489 g/mol. The number of hydrogen-bond donors (Lipinski definition) is 1. The SMILES string of the molecule is CCOc1cc(CNc2ccc(OC)cc2)cc(Br)c1OCc1c(Cl)cccc1Cl. The number of benzene rings is 3. The molecule has 0 aliphatic carbocycles. The number of rotatable bonds is 9. The molecule has 158 valence electrons. The Balaban J connectivity index is 1.76. The summed E-state index contributed by atoms with van der Waals surface area (Å²) >= 11 is 16.1. The monoisotopic (exact) mass is 509 g/mol. The van der Waals surface area contributed by atoms with Crippen LogP contribution < -0.4 is 19.5 Å². The average Bonchev–Trinajstić information content (AvgIpc) is 2.74. The summed E-state index contributed by atoms with van der Waals surface area (Å²) in [7, 11) is 1.65. The van der Waals surface area contributed by atoms with Crippen LogP contribution in [0.2, 0.25) is 10.0 Å². The zero-order valence-corrected chi connectivity index (χ0v) is 19.8. The van der Waals surface area contributed by atoms with E-state index in [4.69, 9.17) is 37.4 Å². The Bertz CT molecular complexity index is 976. The molecule has 0 bridgehead atoms. The third-order valence-corrected chi connectivity index (χ3v) is 5.68. The normalized spacial score (nSPS) is 10.6. The highest BCUT2D eigenvalue weighted by Gasteiger charge is 2.14. The van der Waals surface area contributed by atoms with Crippen molar-refractivity contribution in [1.29, 1.82) is 0 Å². The van der Waals surface area contributed by atoms with E-state index in [0.717, 1.165) is 27.0 Å². The minimum absolute atomic E-state index is 0.237. The molecule has 0 saturated heterocycles. The van der Waals surface area contributed by atoms with E-state index in [1.54, 1.807) is 25.3 Å². The van der Waals surface area contributed by atoms with Gasteiger partial charge in [-0.25, -0.2) is 0 Å². The minimum atomic E-state index is 0.237. The van der Waals surface area contributed by atoms with E-state index in [-0.39, 0.29) is 6.61 Å². The second-order valence-electron chi connectivity index (χ2n) is 6.41. The van der Waals surface area contributed by atoms with Crippen molar-refractivity contribution in [2.24, 2.45) is 0 Å². The molecule has 0 aliphatic rings. The van der Waals surface area contributed by atoms with Crippen molar-refractivity contribution in [3.8, 4) is 17.2 Å². The molecule has 3 aromatic rings. The van der Waals surface area contributed by atoms with Crippen molar-refractivity contribution in [2.45, 2.75) is 20.1 Å². The lowest BCUT2D eigenvalue weighted by Gasteiger charge is -2.17. The summed E-state index contributed by atoms with van der Waals surface area (Å²) in [5, 5.41) is 4.53. The van der Waals surface area contributed by atoms with Gasteiger partial charge >= 0.3 is 0 Å². The lowest BCUT2D eigenvalue weighted by Crippen LogP contribution is -2.04. The average molecular weight is 511 g/mol. The topological polar surface area (TPSA) is 39.7 Å². The van der Waals surface area contributed by atoms with Gasteiger partial charge in [-0.2, -0.15) is 0 Å². The van der Waals surface area contributed by atoms with Crippen LogP contribution in [-0.4, -0.2) is 13.7 Å². The van der Waals surface area contributed by atoms with E-state index in [9.17, 15) is 0 Å². The van der Waals surface area contributed by atoms with Gasteiger partial charge in [-0.05, 0) is 76.9 Å². The van der Waals surface area contributed by atoms with Gasteiger partial charge in [-0.1, -0.05) is 29.3 Å². The second kappa shape index (κ2) is 10.8. The summed E-state index contributed by atoms with van der Waals surface area (Å²) in [6.45, 7) is 3.32. The minimum Gasteiger partial charge on any atom is -0.497 e. The number of methoxy groups -OCH3 is 1. The molecule has 0 saturated carbocycles. The Morgan fingerprint density at radius 1 is 0.967 bits per heavy atom. The summed E-state index contributed by atoms with van der Waals surface area (Å²) in [5.41, 5.74) is 2.78. The van der Waals surface area contributed by atoms with Crippen molar-refractivity contribution >= 4 is 44.8 Å². The Morgan fingerprint density at radius 3 is 2.30 bits per heavy atom. The third kappa shape index (κ3) is 5.75. The first-order valence-electron chi connectivity index (χ1n) is 9.40. The summed E-state index contributed by atoms with van der Waals surface area (Å²) in [5.74, 6) is 2.09. The Morgan fingerprint density at radius 2 is 1.67 bits per heavy atom. The molecule has 0 spiro atoms. The second-order valence-corrected chi connectivity index (χ2v) is 8.08. The third-order valence-electron chi connectivity index (χ3n) is 4.38. The molecule has 0 atom stereocenters. The van der Waals surface area contributed by atoms with Crippen LogP contribution in [0.4, 0.5) is 5.69 Å². The number of hydrogen-bond acceptors (Lipinski definition) is 4. The lowest BCUT2D eigenvalue weighted by atomic mass is 10.2. The number of anilines is 1. The maximum Gasteiger partial charge on any atom is 0.175 e. The van der Waals surface area contributed by atoms with E-state index in [1.807, 2.05) is 43.3 Å². The highest BCUT2D eigenvalue weighted by Crippen LogP contribution is 2.38. The van der Waals surface area contributed by atoms with E-state index in [2.05, 4.69) is 21.2 Å². The first kappa shape index (κ1) is 22.6. The zero-order valence-electron chi connectivity index (χ0n) is 16.7. The summed E-state index contributed by atoms with van der Waals surface area (Å²) in [4.78, 5) is 0. The Labute approximate surface area is 195 Å². The van der Waals surface area contributed by atoms with Crippen LogP contribution in [0.25, 0.3) is 0 Å². The van der Waals surface area contributed by atoms with Crippen LogP contribution in [0.5, 0.6) is 17.2 Å². The fourth-order valence-electron chi connectivity index (χ4n) is 2.85. The molecule has 0 aromatic heterocycles. The fourth-order valence-corrected chi connectivity index (χ4v) is 3.96. The van der Waals surface area contributed by atoms with Gasteiger partial charge in [0.2, 0.25) is 0 Å². The van der Waals surface area contributed by atoms with Gasteiger partial charge in [-0.15, -0.1) is 0 Å². The predicted molar refractivity (Wildman–Crippen MR) is 126 cm³/mol. The van der Waals surface area contributed by atoms with Crippen molar-refractivity contribution in [3.05, 3.63) is 80.2 Å². The number of nitrogens with one attached hydrogen (secondary N) is 1. The van der Waals surface area contributed by atoms with Crippen molar-refractivity contribution in [2.75, 3.05) is 19.0 Å². The van der Waals surface area contributed by atoms with Crippen LogP contribution in [0.15, 0.2) is 59.1 Å². The molecule has 0 radical (unpaired) electrons. The maximum absolute atomic E-state index is 6.26. The first-order valence-corrected chi connectivity index (χ1v) is 11.0. The standard InChI is InChI=1S/C23H22BrCl2NO3/c1-3-29-22-12-15(13-27-16-7-9-17(28-2)10-8-16)11-19(24)23(22)30-14-18-20(25)5-4-6-21(18)26/h4-12,27H,3,13-14H2,1-2H3. The predicted octanol–water partition coefficient (Wildman–Crippen LogP) is 7.35. The van der Waals surface area contributed by atoms with Crippen LogP contribution >= 0.6 is 39.1 Å². The van der Waals surface area contributed by atoms with Gasteiger partial charge in [0.15, 0.2) is 11.5 Å². The van der Waals surface area contributed by atoms with Gasteiger partial charge in [0.1, 0.15) is 12.4 Å². The highest BCUT2D eigenvalue weighted by molar-refractivity contribution is 9.10. The molecule has 3 aromatic carbocycles. The van der Waals surface area contributed by atoms with Crippen LogP contribution in [0, 0.1) is 0 Å². The fraction of sp³-hybridized carbons (Fsp3) is 0.217.